The Balaban J connectivity index is 1.45. The van der Waals surface area contributed by atoms with Gasteiger partial charge in [-0.05, 0) is 37.1 Å². The molecular formula is C18H24N8. The van der Waals surface area contributed by atoms with E-state index in [2.05, 4.69) is 62.1 Å². The maximum atomic E-state index is 4.25. The number of rotatable bonds is 7. The first-order chi connectivity index (χ1) is 12.8. The summed E-state index contributed by atoms with van der Waals surface area (Å²) < 4.78 is 3.85. The molecule has 0 aliphatic carbocycles. The maximum Gasteiger partial charge on any atom is 0.191 e. The van der Waals surface area contributed by atoms with Crippen LogP contribution in [0.1, 0.15) is 18.3 Å². The van der Waals surface area contributed by atoms with Gasteiger partial charge in [-0.2, -0.15) is 5.10 Å². The number of benzene rings is 1. The third kappa shape index (κ3) is 4.47. The average molecular weight is 352 g/mol. The summed E-state index contributed by atoms with van der Waals surface area (Å²) in [6.07, 6.45) is 6.36. The van der Waals surface area contributed by atoms with E-state index in [-0.39, 0.29) is 0 Å². The number of aromatic nitrogens is 5. The lowest BCUT2D eigenvalue weighted by atomic mass is 10.1. The van der Waals surface area contributed by atoms with Crippen LogP contribution < -0.4 is 10.6 Å². The molecule has 2 heterocycles. The van der Waals surface area contributed by atoms with Gasteiger partial charge in [0.15, 0.2) is 11.8 Å². The van der Waals surface area contributed by atoms with Crippen molar-refractivity contribution in [1.82, 2.24) is 35.2 Å². The molecular weight excluding hydrogens is 328 g/mol. The summed E-state index contributed by atoms with van der Waals surface area (Å²) in [6.45, 7) is 4.30. The second-order valence-electron chi connectivity index (χ2n) is 5.75. The predicted octanol–water partition coefficient (Wildman–Crippen LogP) is 1.39. The molecule has 0 unspecified atom stereocenters. The highest BCUT2D eigenvalue weighted by atomic mass is 15.3. The minimum absolute atomic E-state index is 0.589. The highest BCUT2D eigenvalue weighted by Gasteiger charge is 2.04. The van der Waals surface area contributed by atoms with Gasteiger partial charge in [-0.3, -0.25) is 4.99 Å². The van der Waals surface area contributed by atoms with Crippen molar-refractivity contribution in [3.8, 4) is 5.69 Å². The van der Waals surface area contributed by atoms with E-state index in [1.165, 1.54) is 5.56 Å². The molecule has 0 aliphatic heterocycles. The van der Waals surface area contributed by atoms with Crippen molar-refractivity contribution in [2.45, 2.75) is 26.4 Å². The number of nitrogens with one attached hydrogen (secondary N) is 2. The number of hydrogen-bond donors (Lipinski definition) is 2. The van der Waals surface area contributed by atoms with Crippen LogP contribution in [0.2, 0.25) is 0 Å². The molecule has 26 heavy (non-hydrogen) atoms. The molecule has 0 saturated heterocycles. The monoisotopic (exact) mass is 352 g/mol. The molecule has 2 aromatic heterocycles. The Hall–Kier alpha value is -3.16. The summed E-state index contributed by atoms with van der Waals surface area (Å²) >= 11 is 0. The van der Waals surface area contributed by atoms with Crippen LogP contribution in [-0.2, 0) is 19.5 Å². The standard InChI is InChI=1S/C18H24N8/c1-3-25-14-22-24-17(25)13-21-18(19-2)20-11-9-15-5-7-16(8-6-15)26-12-4-10-23-26/h4-8,10,12,14H,3,9,11,13H2,1-2H3,(H2,19,20,21). The van der Waals surface area contributed by atoms with Crippen LogP contribution in [0.25, 0.3) is 5.69 Å². The molecule has 0 aliphatic rings. The SMILES string of the molecule is CCn1cnnc1CNC(=NC)NCCc1ccc(-n2cccn2)cc1. The molecule has 3 rings (SSSR count). The normalized spacial score (nSPS) is 11.5. The van der Waals surface area contributed by atoms with Gasteiger partial charge in [0.2, 0.25) is 0 Å². The van der Waals surface area contributed by atoms with Crippen molar-refractivity contribution in [1.29, 1.82) is 0 Å². The summed E-state index contributed by atoms with van der Waals surface area (Å²) in [7, 11) is 1.76. The predicted molar refractivity (Wildman–Crippen MR) is 101 cm³/mol. The van der Waals surface area contributed by atoms with E-state index in [4.69, 9.17) is 0 Å². The van der Waals surface area contributed by atoms with Gasteiger partial charge in [0.1, 0.15) is 6.33 Å². The quantitative estimate of drug-likeness (QED) is 0.496. The summed E-state index contributed by atoms with van der Waals surface area (Å²) in [5.41, 5.74) is 2.32. The number of aryl methyl sites for hydroxylation is 1. The van der Waals surface area contributed by atoms with E-state index in [1.807, 2.05) is 21.5 Å². The number of aliphatic imine (C=N–C) groups is 1. The van der Waals surface area contributed by atoms with Crippen molar-refractivity contribution < 1.29 is 0 Å². The summed E-state index contributed by atoms with van der Waals surface area (Å²) in [6, 6.07) is 10.3. The van der Waals surface area contributed by atoms with Gasteiger partial charge in [-0.1, -0.05) is 12.1 Å². The Kier molecular flexibility index (Phi) is 5.97. The highest BCUT2D eigenvalue weighted by molar-refractivity contribution is 5.79. The third-order valence-corrected chi connectivity index (χ3v) is 4.09. The first kappa shape index (κ1) is 17.7. The lowest BCUT2D eigenvalue weighted by Crippen LogP contribution is -2.38. The molecule has 0 saturated carbocycles. The van der Waals surface area contributed by atoms with Crippen molar-refractivity contribution in [3.63, 3.8) is 0 Å². The summed E-state index contributed by atoms with van der Waals surface area (Å²) in [5, 5.41) is 18.9. The smallest absolute Gasteiger partial charge is 0.191 e. The minimum atomic E-state index is 0.589. The first-order valence-corrected chi connectivity index (χ1v) is 8.70. The lowest BCUT2D eigenvalue weighted by Gasteiger charge is -2.12. The Bertz CT molecular complexity index is 817. The van der Waals surface area contributed by atoms with Crippen LogP contribution >= 0.6 is 0 Å². The topological polar surface area (TPSA) is 85.0 Å². The van der Waals surface area contributed by atoms with Gasteiger partial charge in [0.25, 0.3) is 0 Å². The molecule has 1 aromatic carbocycles. The molecule has 0 bridgehead atoms. The molecule has 2 N–H and O–H groups in total. The van der Waals surface area contributed by atoms with E-state index in [9.17, 15) is 0 Å². The van der Waals surface area contributed by atoms with E-state index in [0.717, 1.165) is 37.0 Å². The van der Waals surface area contributed by atoms with Crippen LogP contribution in [0, 0.1) is 0 Å². The largest absolute Gasteiger partial charge is 0.356 e. The third-order valence-electron chi connectivity index (χ3n) is 4.09. The highest BCUT2D eigenvalue weighted by Crippen LogP contribution is 2.08. The fraction of sp³-hybridized carbons (Fsp3) is 0.333. The number of hydrogen-bond acceptors (Lipinski definition) is 4. The van der Waals surface area contributed by atoms with Crippen LogP contribution in [0.5, 0.6) is 0 Å². The van der Waals surface area contributed by atoms with Crippen molar-refractivity contribution in [2.24, 2.45) is 4.99 Å². The van der Waals surface area contributed by atoms with Crippen LogP contribution in [0.4, 0.5) is 0 Å². The Morgan fingerprint density at radius 2 is 2.04 bits per heavy atom. The molecule has 8 heteroatoms. The molecule has 0 fully saturated rings. The number of nitrogens with zero attached hydrogens (tertiary/aromatic N) is 6. The van der Waals surface area contributed by atoms with Gasteiger partial charge >= 0.3 is 0 Å². The summed E-state index contributed by atoms with van der Waals surface area (Å²) in [5.74, 6) is 1.65. The molecule has 0 radical (unpaired) electrons. The summed E-state index contributed by atoms with van der Waals surface area (Å²) in [4.78, 5) is 4.25. The Morgan fingerprint density at radius 3 is 2.73 bits per heavy atom. The van der Waals surface area contributed by atoms with E-state index >= 15 is 0 Å². The Labute approximate surface area is 153 Å². The minimum Gasteiger partial charge on any atom is -0.356 e. The van der Waals surface area contributed by atoms with Crippen molar-refractivity contribution >= 4 is 5.96 Å². The second kappa shape index (κ2) is 8.80. The molecule has 0 amide bonds. The molecule has 136 valence electrons. The van der Waals surface area contributed by atoms with Gasteiger partial charge in [-0.15, -0.1) is 10.2 Å². The zero-order chi connectivity index (χ0) is 18.2. The van der Waals surface area contributed by atoms with Gasteiger partial charge in [0, 0.05) is 32.5 Å². The van der Waals surface area contributed by atoms with E-state index in [0.29, 0.717) is 6.54 Å². The molecule has 0 spiro atoms. The number of guanidine groups is 1. The fourth-order valence-electron chi connectivity index (χ4n) is 2.63. The van der Waals surface area contributed by atoms with Crippen LogP contribution in [-0.4, -0.2) is 44.1 Å². The zero-order valence-corrected chi connectivity index (χ0v) is 15.1. The lowest BCUT2D eigenvalue weighted by molar-refractivity contribution is 0.669. The molecule has 0 atom stereocenters. The second-order valence-corrected chi connectivity index (χ2v) is 5.75. The fourth-order valence-corrected chi connectivity index (χ4v) is 2.63. The Morgan fingerprint density at radius 1 is 1.19 bits per heavy atom. The van der Waals surface area contributed by atoms with E-state index < -0.39 is 0 Å². The van der Waals surface area contributed by atoms with Gasteiger partial charge in [0.05, 0.1) is 12.2 Å². The zero-order valence-electron chi connectivity index (χ0n) is 15.1. The van der Waals surface area contributed by atoms with E-state index in [1.54, 1.807) is 19.6 Å². The first-order valence-electron chi connectivity index (χ1n) is 8.70. The average Bonchev–Trinajstić information content (AvgIpc) is 3.36. The van der Waals surface area contributed by atoms with Gasteiger partial charge < -0.3 is 15.2 Å². The molecule has 8 nitrogen and oxygen atoms in total. The van der Waals surface area contributed by atoms with Crippen LogP contribution in [0.3, 0.4) is 0 Å². The van der Waals surface area contributed by atoms with Crippen molar-refractivity contribution in [2.75, 3.05) is 13.6 Å². The maximum absolute atomic E-state index is 4.25. The van der Waals surface area contributed by atoms with Crippen LogP contribution in [0.15, 0.2) is 54.0 Å². The molecule has 3 aromatic rings. The van der Waals surface area contributed by atoms with Gasteiger partial charge in [-0.25, -0.2) is 4.68 Å². The van der Waals surface area contributed by atoms with Crippen molar-refractivity contribution in [3.05, 3.63) is 60.4 Å².